The minimum absolute atomic E-state index is 0.181. The third kappa shape index (κ3) is 4.95. The van der Waals surface area contributed by atoms with Gasteiger partial charge < -0.3 is 5.11 Å². The van der Waals surface area contributed by atoms with Gasteiger partial charge in [0.1, 0.15) is 5.82 Å². The summed E-state index contributed by atoms with van der Waals surface area (Å²) in [5.74, 6) is -0.373. The Morgan fingerprint density at radius 1 is 1.31 bits per heavy atom. The Balaban J connectivity index is 2.35. The highest BCUT2D eigenvalue weighted by Gasteiger charge is 2.11. The van der Waals surface area contributed by atoms with Crippen LogP contribution in [0.1, 0.15) is 38.7 Å². The van der Waals surface area contributed by atoms with Crippen LogP contribution in [0.3, 0.4) is 0 Å². The summed E-state index contributed by atoms with van der Waals surface area (Å²) in [4.78, 5) is 0. The van der Waals surface area contributed by atoms with Crippen molar-refractivity contribution in [1.82, 2.24) is 0 Å². The highest BCUT2D eigenvalue weighted by atomic mass is 35.5. The van der Waals surface area contributed by atoms with Crippen molar-refractivity contribution in [3.8, 4) is 0 Å². The van der Waals surface area contributed by atoms with Gasteiger partial charge >= 0.3 is 0 Å². The molecule has 0 spiro atoms. The van der Waals surface area contributed by atoms with E-state index in [-0.39, 0.29) is 10.8 Å². The van der Waals surface area contributed by atoms with E-state index in [9.17, 15) is 9.50 Å². The minimum Gasteiger partial charge on any atom is -0.390 e. The Bertz CT molecular complexity index is 344. The molecule has 1 rings (SSSR count). The van der Waals surface area contributed by atoms with Gasteiger partial charge in [0, 0.05) is 0 Å². The minimum atomic E-state index is -0.597. The van der Waals surface area contributed by atoms with E-state index in [0.717, 1.165) is 31.2 Å². The molecule has 0 aromatic heterocycles. The van der Waals surface area contributed by atoms with Crippen molar-refractivity contribution in [1.29, 1.82) is 0 Å². The van der Waals surface area contributed by atoms with Crippen molar-refractivity contribution >= 4 is 11.6 Å². The molecule has 90 valence electrons. The summed E-state index contributed by atoms with van der Waals surface area (Å²) in [5, 5.41) is 9.71. The van der Waals surface area contributed by atoms with Crippen LogP contribution < -0.4 is 0 Å². The van der Waals surface area contributed by atoms with Gasteiger partial charge in [-0.1, -0.05) is 24.1 Å². The highest BCUT2D eigenvalue weighted by Crippen LogP contribution is 2.19. The fourth-order valence-electron chi connectivity index (χ4n) is 1.58. The van der Waals surface area contributed by atoms with Crippen LogP contribution in [-0.2, 0) is 6.42 Å². The molecule has 1 aromatic rings. The van der Waals surface area contributed by atoms with Crippen molar-refractivity contribution in [2.75, 3.05) is 0 Å². The molecule has 3 heteroatoms. The smallest absolute Gasteiger partial charge is 0.141 e. The first kappa shape index (κ1) is 13.5. The number of rotatable bonds is 5. The molecule has 0 heterocycles. The molecule has 0 amide bonds. The van der Waals surface area contributed by atoms with Crippen LogP contribution in [0.4, 0.5) is 4.39 Å². The van der Waals surface area contributed by atoms with Gasteiger partial charge in [-0.3, -0.25) is 0 Å². The van der Waals surface area contributed by atoms with Gasteiger partial charge in [0.05, 0.1) is 10.6 Å². The Kier molecular flexibility index (Phi) is 4.75. The molecule has 0 bridgehead atoms. The second kappa shape index (κ2) is 5.65. The summed E-state index contributed by atoms with van der Waals surface area (Å²) in [6, 6.07) is 4.82. The number of unbranched alkanes of at least 4 members (excludes halogenated alkanes) is 1. The van der Waals surface area contributed by atoms with E-state index in [2.05, 4.69) is 0 Å². The molecular weight excluding hydrogens is 227 g/mol. The molecule has 0 atom stereocenters. The summed E-state index contributed by atoms with van der Waals surface area (Å²) >= 11 is 5.68. The zero-order valence-electron chi connectivity index (χ0n) is 9.76. The molecule has 0 saturated heterocycles. The molecule has 0 aliphatic heterocycles. The lowest BCUT2D eigenvalue weighted by molar-refractivity contribution is 0.0682. The first-order valence-electron chi connectivity index (χ1n) is 5.55. The third-order valence-electron chi connectivity index (χ3n) is 2.49. The van der Waals surface area contributed by atoms with Crippen LogP contribution in [0.15, 0.2) is 18.2 Å². The normalized spacial score (nSPS) is 11.8. The van der Waals surface area contributed by atoms with Crippen LogP contribution in [-0.4, -0.2) is 10.7 Å². The quantitative estimate of drug-likeness (QED) is 0.778. The van der Waals surface area contributed by atoms with E-state index in [0.29, 0.717) is 0 Å². The van der Waals surface area contributed by atoms with Crippen LogP contribution >= 0.6 is 11.6 Å². The molecular formula is C13H18ClFO. The average molecular weight is 245 g/mol. The molecule has 0 aliphatic rings. The summed E-state index contributed by atoms with van der Waals surface area (Å²) in [7, 11) is 0. The van der Waals surface area contributed by atoms with Crippen molar-refractivity contribution < 1.29 is 9.50 Å². The van der Waals surface area contributed by atoms with Crippen molar-refractivity contribution in [2.24, 2.45) is 0 Å². The maximum Gasteiger partial charge on any atom is 0.141 e. The van der Waals surface area contributed by atoms with Gasteiger partial charge in [-0.15, -0.1) is 0 Å². The second-order valence-corrected chi connectivity index (χ2v) is 5.18. The van der Waals surface area contributed by atoms with Crippen LogP contribution in [0.25, 0.3) is 0 Å². The fraction of sp³-hybridized carbons (Fsp3) is 0.538. The lowest BCUT2D eigenvalue weighted by Gasteiger charge is -2.16. The molecule has 0 fully saturated rings. The van der Waals surface area contributed by atoms with Gasteiger partial charge in [0.25, 0.3) is 0 Å². The van der Waals surface area contributed by atoms with Gasteiger partial charge in [0.15, 0.2) is 0 Å². The molecule has 16 heavy (non-hydrogen) atoms. The number of aryl methyl sites for hydroxylation is 1. The second-order valence-electron chi connectivity index (χ2n) is 4.77. The summed E-state index contributed by atoms with van der Waals surface area (Å²) < 4.78 is 12.9. The molecule has 1 nitrogen and oxygen atoms in total. The third-order valence-corrected chi connectivity index (χ3v) is 2.78. The number of aliphatic hydroxyl groups is 1. The zero-order chi connectivity index (χ0) is 12.2. The van der Waals surface area contributed by atoms with E-state index < -0.39 is 5.60 Å². The molecule has 0 radical (unpaired) electrons. The largest absolute Gasteiger partial charge is 0.390 e. The van der Waals surface area contributed by atoms with E-state index >= 15 is 0 Å². The van der Waals surface area contributed by atoms with Crippen LogP contribution in [0.2, 0.25) is 5.02 Å². The SMILES string of the molecule is CC(C)(O)CCCCc1ccc(F)c(Cl)c1. The van der Waals surface area contributed by atoms with Crippen molar-refractivity contribution in [3.05, 3.63) is 34.6 Å². The summed E-state index contributed by atoms with van der Waals surface area (Å²) in [5.41, 5.74) is 0.447. The maximum absolute atomic E-state index is 12.9. The van der Waals surface area contributed by atoms with Crippen LogP contribution in [0.5, 0.6) is 0 Å². The van der Waals surface area contributed by atoms with Gasteiger partial charge in [-0.05, 0) is 50.8 Å². The summed E-state index contributed by atoms with van der Waals surface area (Å²) in [6.07, 6.45) is 3.59. The lowest BCUT2D eigenvalue weighted by Crippen LogP contribution is -2.17. The first-order valence-corrected chi connectivity index (χ1v) is 5.92. The van der Waals surface area contributed by atoms with Gasteiger partial charge in [-0.2, -0.15) is 0 Å². The molecule has 0 unspecified atom stereocenters. The Labute approximate surface area is 101 Å². The lowest BCUT2D eigenvalue weighted by atomic mass is 9.99. The van der Waals surface area contributed by atoms with Crippen molar-refractivity contribution in [2.45, 2.75) is 45.1 Å². The predicted octanol–water partition coefficient (Wildman–Crippen LogP) is 3.96. The topological polar surface area (TPSA) is 20.2 Å². The van der Waals surface area contributed by atoms with E-state index in [1.54, 1.807) is 12.1 Å². The molecule has 0 saturated carbocycles. The number of hydrogen-bond donors (Lipinski definition) is 1. The first-order chi connectivity index (χ1) is 7.38. The zero-order valence-corrected chi connectivity index (χ0v) is 10.5. The molecule has 0 aliphatic carbocycles. The molecule has 1 aromatic carbocycles. The maximum atomic E-state index is 12.9. The molecule has 1 N–H and O–H groups in total. The van der Waals surface area contributed by atoms with E-state index in [4.69, 9.17) is 11.6 Å². The van der Waals surface area contributed by atoms with Gasteiger partial charge in [0.2, 0.25) is 0 Å². The fourth-order valence-corrected chi connectivity index (χ4v) is 1.79. The number of halogens is 2. The predicted molar refractivity (Wildman–Crippen MR) is 65.3 cm³/mol. The standard InChI is InChI=1S/C13H18ClFO/c1-13(2,16)8-4-3-5-10-6-7-12(15)11(14)9-10/h6-7,9,16H,3-5,8H2,1-2H3. The highest BCUT2D eigenvalue weighted by molar-refractivity contribution is 6.30. The summed E-state index contributed by atoms with van der Waals surface area (Å²) in [6.45, 7) is 3.61. The average Bonchev–Trinajstić information content (AvgIpc) is 2.17. The van der Waals surface area contributed by atoms with Gasteiger partial charge in [-0.25, -0.2) is 4.39 Å². The van der Waals surface area contributed by atoms with E-state index in [1.807, 2.05) is 13.8 Å². The van der Waals surface area contributed by atoms with E-state index in [1.165, 1.54) is 6.07 Å². The number of hydrogen-bond acceptors (Lipinski definition) is 1. The Hall–Kier alpha value is -0.600. The number of benzene rings is 1. The Morgan fingerprint density at radius 3 is 2.56 bits per heavy atom. The van der Waals surface area contributed by atoms with Crippen molar-refractivity contribution in [3.63, 3.8) is 0 Å². The Morgan fingerprint density at radius 2 is 2.00 bits per heavy atom. The van der Waals surface area contributed by atoms with Crippen LogP contribution in [0, 0.1) is 5.82 Å². The monoisotopic (exact) mass is 244 g/mol.